The van der Waals surface area contributed by atoms with Crippen molar-refractivity contribution < 1.29 is 4.92 Å². The van der Waals surface area contributed by atoms with Crippen molar-refractivity contribution in [1.29, 1.82) is 5.41 Å². The molecule has 0 heterocycles. The molecule has 0 aromatic heterocycles. The van der Waals surface area contributed by atoms with Gasteiger partial charge in [-0.15, -0.1) is 0 Å². The Bertz CT molecular complexity index is 674. The van der Waals surface area contributed by atoms with Crippen LogP contribution >= 0.6 is 27.7 Å². The van der Waals surface area contributed by atoms with Crippen molar-refractivity contribution in [3.05, 3.63) is 62.6 Å². The van der Waals surface area contributed by atoms with Gasteiger partial charge in [0.1, 0.15) is 5.84 Å². The zero-order valence-electron chi connectivity index (χ0n) is 10.2. The summed E-state index contributed by atoms with van der Waals surface area (Å²) in [5, 5.41) is 18.0. The van der Waals surface area contributed by atoms with Crippen LogP contribution in [-0.2, 0) is 0 Å². The molecule has 0 saturated carbocycles. The van der Waals surface area contributed by atoms with E-state index in [4.69, 9.17) is 11.1 Å². The first-order valence-electron chi connectivity index (χ1n) is 5.53. The van der Waals surface area contributed by atoms with Gasteiger partial charge in [0.15, 0.2) is 0 Å². The molecule has 7 heteroatoms. The number of amidine groups is 1. The summed E-state index contributed by atoms with van der Waals surface area (Å²) in [4.78, 5) is 12.0. The highest BCUT2D eigenvalue weighted by Gasteiger charge is 2.07. The third kappa shape index (κ3) is 3.37. The van der Waals surface area contributed by atoms with Crippen molar-refractivity contribution in [3.8, 4) is 0 Å². The van der Waals surface area contributed by atoms with Crippen LogP contribution in [0.1, 0.15) is 5.56 Å². The molecular weight excluding hydrogens is 342 g/mol. The maximum absolute atomic E-state index is 10.6. The molecule has 0 unspecified atom stereocenters. The fraction of sp³-hybridized carbons (Fsp3) is 0. The molecule has 0 aliphatic rings. The number of hydrogen-bond donors (Lipinski definition) is 2. The number of nitro benzene ring substituents is 1. The van der Waals surface area contributed by atoms with Gasteiger partial charge in [-0.05, 0) is 46.3 Å². The number of halogens is 1. The first-order valence-corrected chi connectivity index (χ1v) is 7.14. The van der Waals surface area contributed by atoms with Gasteiger partial charge in [0.2, 0.25) is 0 Å². The molecule has 102 valence electrons. The van der Waals surface area contributed by atoms with E-state index in [0.717, 1.165) is 14.3 Å². The minimum atomic E-state index is -0.424. The highest BCUT2D eigenvalue weighted by molar-refractivity contribution is 9.10. The Morgan fingerprint density at radius 3 is 2.30 bits per heavy atom. The number of non-ortho nitro benzene ring substituents is 1. The van der Waals surface area contributed by atoms with Crippen LogP contribution in [-0.4, -0.2) is 10.8 Å². The third-order valence-electron chi connectivity index (χ3n) is 2.51. The van der Waals surface area contributed by atoms with E-state index in [1.165, 1.54) is 23.9 Å². The topological polar surface area (TPSA) is 93.0 Å². The third-order valence-corrected chi connectivity index (χ3v) is 4.17. The lowest BCUT2D eigenvalue weighted by atomic mass is 10.2. The molecule has 2 aromatic rings. The molecule has 0 spiro atoms. The van der Waals surface area contributed by atoms with Gasteiger partial charge in [-0.25, -0.2) is 0 Å². The van der Waals surface area contributed by atoms with E-state index < -0.39 is 4.92 Å². The number of benzene rings is 2. The lowest BCUT2D eigenvalue weighted by molar-refractivity contribution is -0.384. The molecule has 0 saturated heterocycles. The van der Waals surface area contributed by atoms with Crippen LogP contribution in [0.15, 0.2) is 56.7 Å². The van der Waals surface area contributed by atoms with Crippen LogP contribution in [0.25, 0.3) is 0 Å². The Morgan fingerprint density at radius 2 is 1.80 bits per heavy atom. The monoisotopic (exact) mass is 351 g/mol. The first kappa shape index (κ1) is 14.5. The average molecular weight is 352 g/mol. The summed E-state index contributed by atoms with van der Waals surface area (Å²) in [6.07, 6.45) is 0. The summed E-state index contributed by atoms with van der Waals surface area (Å²) in [5.41, 5.74) is 6.15. The first-order chi connectivity index (χ1) is 9.47. The van der Waals surface area contributed by atoms with Crippen molar-refractivity contribution in [2.75, 3.05) is 0 Å². The lowest BCUT2D eigenvalue weighted by Gasteiger charge is -2.06. The van der Waals surface area contributed by atoms with Gasteiger partial charge in [-0.1, -0.05) is 11.8 Å². The van der Waals surface area contributed by atoms with E-state index in [2.05, 4.69) is 15.9 Å². The summed E-state index contributed by atoms with van der Waals surface area (Å²) < 4.78 is 0.747. The van der Waals surface area contributed by atoms with E-state index in [1.54, 1.807) is 18.2 Å². The summed E-state index contributed by atoms with van der Waals surface area (Å²) in [5.74, 6) is 0.00348. The van der Waals surface area contributed by atoms with Crippen LogP contribution in [0.4, 0.5) is 5.69 Å². The number of nitrogens with one attached hydrogen (secondary N) is 1. The number of nitrogens with zero attached hydrogens (tertiary/aromatic N) is 1. The molecule has 0 fully saturated rings. The summed E-state index contributed by atoms with van der Waals surface area (Å²) in [6.45, 7) is 0. The van der Waals surface area contributed by atoms with Crippen LogP contribution in [0, 0.1) is 15.5 Å². The molecule has 3 N–H and O–H groups in total. The summed E-state index contributed by atoms with van der Waals surface area (Å²) >= 11 is 4.85. The van der Waals surface area contributed by atoms with Crippen LogP contribution in [0.2, 0.25) is 0 Å². The standard InChI is InChI=1S/C13H10BrN3O2S/c14-12-7-10(5-6-11(12)13(15)16)20-9-3-1-8(2-4-9)17(18)19/h1-7H,(H3,15,16). The second-order valence-electron chi connectivity index (χ2n) is 3.91. The molecule has 0 radical (unpaired) electrons. The van der Waals surface area contributed by atoms with Gasteiger partial charge in [0, 0.05) is 32.0 Å². The maximum atomic E-state index is 10.6. The zero-order chi connectivity index (χ0) is 14.7. The fourth-order valence-electron chi connectivity index (χ4n) is 1.55. The minimum absolute atomic E-state index is 0.00348. The van der Waals surface area contributed by atoms with E-state index in [-0.39, 0.29) is 11.5 Å². The van der Waals surface area contributed by atoms with Gasteiger partial charge < -0.3 is 5.73 Å². The van der Waals surface area contributed by atoms with Crippen molar-refractivity contribution in [2.24, 2.45) is 5.73 Å². The molecule has 0 aliphatic heterocycles. The highest BCUT2D eigenvalue weighted by Crippen LogP contribution is 2.31. The van der Waals surface area contributed by atoms with Crippen molar-refractivity contribution in [3.63, 3.8) is 0 Å². The quantitative estimate of drug-likeness (QED) is 0.379. The molecule has 0 bridgehead atoms. The van der Waals surface area contributed by atoms with Crippen LogP contribution < -0.4 is 5.73 Å². The average Bonchev–Trinajstić information content (AvgIpc) is 2.39. The summed E-state index contributed by atoms with van der Waals surface area (Å²) in [6, 6.07) is 11.8. The Balaban J connectivity index is 2.19. The second kappa shape index (κ2) is 6.06. The highest BCUT2D eigenvalue weighted by atomic mass is 79.9. The van der Waals surface area contributed by atoms with Crippen molar-refractivity contribution in [1.82, 2.24) is 0 Å². The molecule has 0 atom stereocenters. The van der Waals surface area contributed by atoms with Crippen LogP contribution in [0.5, 0.6) is 0 Å². The van der Waals surface area contributed by atoms with Gasteiger partial charge in [-0.3, -0.25) is 15.5 Å². The molecule has 0 aliphatic carbocycles. The largest absolute Gasteiger partial charge is 0.384 e. The SMILES string of the molecule is N=C(N)c1ccc(Sc2ccc([N+](=O)[O-])cc2)cc1Br. The number of hydrogen-bond acceptors (Lipinski definition) is 4. The Labute approximate surface area is 128 Å². The Kier molecular flexibility index (Phi) is 4.41. The number of nitrogens with two attached hydrogens (primary N) is 1. The molecule has 2 aromatic carbocycles. The smallest absolute Gasteiger partial charge is 0.269 e. The maximum Gasteiger partial charge on any atom is 0.269 e. The second-order valence-corrected chi connectivity index (χ2v) is 5.91. The summed E-state index contributed by atoms with van der Waals surface area (Å²) in [7, 11) is 0. The molecule has 5 nitrogen and oxygen atoms in total. The van der Waals surface area contributed by atoms with E-state index in [1.807, 2.05) is 12.1 Å². The van der Waals surface area contributed by atoms with Gasteiger partial charge >= 0.3 is 0 Å². The molecule has 2 rings (SSSR count). The Morgan fingerprint density at radius 1 is 1.20 bits per heavy atom. The molecular formula is C13H10BrN3O2S. The number of nitrogen functional groups attached to an aromatic ring is 1. The predicted octanol–water partition coefficient (Wildman–Crippen LogP) is 3.79. The van der Waals surface area contributed by atoms with E-state index in [9.17, 15) is 10.1 Å². The van der Waals surface area contributed by atoms with Crippen LogP contribution in [0.3, 0.4) is 0 Å². The molecule has 20 heavy (non-hydrogen) atoms. The van der Waals surface area contributed by atoms with Gasteiger partial charge in [0.05, 0.1) is 4.92 Å². The van der Waals surface area contributed by atoms with Crippen molar-refractivity contribution >= 4 is 39.2 Å². The van der Waals surface area contributed by atoms with E-state index >= 15 is 0 Å². The molecule has 0 amide bonds. The Hall–Kier alpha value is -1.86. The van der Waals surface area contributed by atoms with E-state index in [0.29, 0.717) is 5.56 Å². The normalized spacial score (nSPS) is 10.2. The van der Waals surface area contributed by atoms with Crippen molar-refractivity contribution in [2.45, 2.75) is 9.79 Å². The minimum Gasteiger partial charge on any atom is -0.384 e. The van der Waals surface area contributed by atoms with Gasteiger partial charge in [-0.2, -0.15) is 0 Å². The predicted molar refractivity (Wildman–Crippen MR) is 82.4 cm³/mol. The fourth-order valence-corrected chi connectivity index (χ4v) is 3.15. The van der Waals surface area contributed by atoms with Gasteiger partial charge in [0.25, 0.3) is 5.69 Å². The lowest BCUT2D eigenvalue weighted by Crippen LogP contribution is -2.11. The number of rotatable bonds is 4. The zero-order valence-corrected chi connectivity index (χ0v) is 12.6. The number of nitro groups is 1.